The summed E-state index contributed by atoms with van der Waals surface area (Å²) in [6, 6.07) is 8.49. The first-order valence-corrected chi connectivity index (χ1v) is 9.49. The molecule has 2 aromatic rings. The molecule has 0 fully saturated rings. The first-order chi connectivity index (χ1) is 12.5. The Morgan fingerprint density at radius 2 is 2.23 bits per heavy atom. The van der Waals surface area contributed by atoms with Crippen molar-refractivity contribution >= 4 is 28.5 Å². The fraction of sp³-hybridized carbons (Fsp3) is 0.316. The Balaban J connectivity index is 1.65. The molecule has 2 heterocycles. The number of rotatable bonds is 2. The number of nitrogens with zero attached hydrogens (tertiary/aromatic N) is 2. The molecule has 1 aromatic carbocycles. The smallest absolute Gasteiger partial charge is 0.274 e. The zero-order chi connectivity index (χ0) is 18.3. The summed E-state index contributed by atoms with van der Waals surface area (Å²) in [4.78, 5) is 20.9. The van der Waals surface area contributed by atoms with Gasteiger partial charge < -0.3 is 11.1 Å². The lowest BCUT2D eigenvalue weighted by atomic mass is 9.71. The van der Waals surface area contributed by atoms with Gasteiger partial charge in [0, 0.05) is 11.4 Å². The van der Waals surface area contributed by atoms with Gasteiger partial charge in [-0.25, -0.2) is 9.37 Å². The second-order valence-electron chi connectivity index (χ2n) is 6.83. The third-order valence-electron chi connectivity index (χ3n) is 5.20. The van der Waals surface area contributed by atoms with Gasteiger partial charge in [-0.15, -0.1) is 0 Å². The molecule has 5 nitrogen and oxygen atoms in total. The summed E-state index contributed by atoms with van der Waals surface area (Å²) < 4.78 is 13.0. The van der Waals surface area contributed by atoms with Crippen LogP contribution in [0.2, 0.25) is 0 Å². The fourth-order valence-corrected chi connectivity index (χ4v) is 4.84. The lowest BCUT2D eigenvalue weighted by Crippen LogP contribution is -2.41. The van der Waals surface area contributed by atoms with Gasteiger partial charge in [-0.3, -0.25) is 9.79 Å². The van der Waals surface area contributed by atoms with Crippen LogP contribution in [-0.2, 0) is 12.0 Å². The Bertz CT molecular complexity index is 899. The van der Waals surface area contributed by atoms with Gasteiger partial charge in [-0.1, -0.05) is 17.8 Å². The number of carbonyl (C=O) groups excluding carboxylic acids is 1. The van der Waals surface area contributed by atoms with Crippen LogP contribution in [0.3, 0.4) is 0 Å². The molecule has 0 saturated heterocycles. The van der Waals surface area contributed by atoms with Crippen LogP contribution in [0.5, 0.6) is 0 Å². The molecule has 1 aliphatic heterocycles. The van der Waals surface area contributed by atoms with Crippen LogP contribution < -0.4 is 11.1 Å². The zero-order valence-electron chi connectivity index (χ0n) is 14.3. The fourth-order valence-electron chi connectivity index (χ4n) is 3.72. The molecule has 1 aliphatic carbocycles. The van der Waals surface area contributed by atoms with Crippen molar-refractivity contribution in [1.82, 2.24) is 4.98 Å². The Labute approximate surface area is 155 Å². The van der Waals surface area contributed by atoms with E-state index in [2.05, 4.69) is 17.2 Å². The predicted octanol–water partition coefficient (Wildman–Crippen LogP) is 3.31. The van der Waals surface area contributed by atoms with Gasteiger partial charge >= 0.3 is 0 Å². The monoisotopic (exact) mass is 370 g/mol. The molecule has 0 spiro atoms. The molecule has 134 valence electrons. The minimum Gasteiger partial charge on any atom is -0.379 e. The van der Waals surface area contributed by atoms with Gasteiger partial charge in [0.1, 0.15) is 11.5 Å². The van der Waals surface area contributed by atoms with Crippen molar-refractivity contribution in [2.45, 2.75) is 25.3 Å². The lowest BCUT2D eigenvalue weighted by Gasteiger charge is -2.42. The molecule has 0 bridgehead atoms. The summed E-state index contributed by atoms with van der Waals surface area (Å²) in [5.41, 5.74) is 8.83. The third kappa shape index (κ3) is 2.96. The SMILES string of the molecule is CC12N=C(N)SCC1CCc1ccc(NC(=O)c3ccc(F)cn3)cc12. The lowest BCUT2D eigenvalue weighted by molar-refractivity contribution is 0.102. The number of amidine groups is 1. The van der Waals surface area contributed by atoms with E-state index in [9.17, 15) is 9.18 Å². The van der Waals surface area contributed by atoms with E-state index in [1.165, 1.54) is 17.7 Å². The second-order valence-corrected chi connectivity index (χ2v) is 7.87. The molecule has 0 saturated carbocycles. The molecule has 3 N–H and O–H groups in total. The molecule has 2 atom stereocenters. The number of anilines is 1. The van der Waals surface area contributed by atoms with E-state index in [0.29, 0.717) is 16.8 Å². The summed E-state index contributed by atoms with van der Waals surface area (Å²) in [6.45, 7) is 2.12. The number of benzene rings is 1. The van der Waals surface area contributed by atoms with Crippen molar-refractivity contribution in [2.24, 2.45) is 16.6 Å². The molecule has 4 rings (SSSR count). The molecule has 2 aliphatic rings. The maximum absolute atomic E-state index is 13.0. The molecule has 26 heavy (non-hydrogen) atoms. The number of halogens is 1. The minimum absolute atomic E-state index is 0.171. The minimum atomic E-state index is -0.472. The number of nitrogens with two attached hydrogens (primary N) is 1. The number of amides is 1. The number of pyridine rings is 1. The Hall–Kier alpha value is -2.41. The number of hydrogen-bond donors (Lipinski definition) is 2. The third-order valence-corrected chi connectivity index (χ3v) is 6.16. The number of aryl methyl sites for hydroxylation is 1. The number of aromatic nitrogens is 1. The summed E-state index contributed by atoms with van der Waals surface area (Å²) >= 11 is 1.61. The number of fused-ring (bicyclic) bond motifs is 3. The molecule has 7 heteroatoms. The highest BCUT2D eigenvalue weighted by atomic mass is 32.2. The van der Waals surface area contributed by atoms with E-state index >= 15 is 0 Å². The van der Waals surface area contributed by atoms with Crippen LogP contribution in [0.1, 0.15) is 35.0 Å². The maximum atomic E-state index is 13.0. The van der Waals surface area contributed by atoms with Gasteiger partial charge in [0.25, 0.3) is 5.91 Å². The van der Waals surface area contributed by atoms with Crippen molar-refractivity contribution in [2.75, 3.05) is 11.1 Å². The van der Waals surface area contributed by atoms with Crippen LogP contribution in [-0.4, -0.2) is 21.8 Å². The average molecular weight is 370 g/mol. The van der Waals surface area contributed by atoms with E-state index in [1.807, 2.05) is 18.2 Å². The molecule has 2 unspecified atom stereocenters. The Morgan fingerprint density at radius 1 is 1.38 bits per heavy atom. The van der Waals surface area contributed by atoms with Gasteiger partial charge in [-0.2, -0.15) is 0 Å². The topological polar surface area (TPSA) is 80.4 Å². The average Bonchev–Trinajstić information content (AvgIpc) is 2.62. The van der Waals surface area contributed by atoms with Crippen LogP contribution in [0.15, 0.2) is 41.5 Å². The highest BCUT2D eigenvalue weighted by Crippen LogP contribution is 2.47. The summed E-state index contributed by atoms with van der Waals surface area (Å²) in [6.07, 6.45) is 3.11. The van der Waals surface area contributed by atoms with Crippen LogP contribution in [0, 0.1) is 11.7 Å². The number of hydrogen-bond acceptors (Lipinski definition) is 5. The van der Waals surface area contributed by atoms with Gasteiger partial charge in [-0.05, 0) is 61.1 Å². The quantitative estimate of drug-likeness (QED) is 0.850. The van der Waals surface area contributed by atoms with E-state index in [4.69, 9.17) is 10.7 Å². The van der Waals surface area contributed by atoms with Crippen LogP contribution in [0.25, 0.3) is 0 Å². The number of nitrogens with one attached hydrogen (secondary N) is 1. The molecule has 0 radical (unpaired) electrons. The second kappa shape index (κ2) is 6.39. The van der Waals surface area contributed by atoms with E-state index in [-0.39, 0.29) is 17.1 Å². The van der Waals surface area contributed by atoms with Crippen molar-refractivity contribution in [3.8, 4) is 0 Å². The van der Waals surface area contributed by atoms with E-state index in [0.717, 1.165) is 30.4 Å². The summed E-state index contributed by atoms with van der Waals surface area (Å²) in [7, 11) is 0. The largest absolute Gasteiger partial charge is 0.379 e. The molecular formula is C19H19FN4OS. The Morgan fingerprint density at radius 3 is 3.00 bits per heavy atom. The van der Waals surface area contributed by atoms with Crippen LogP contribution in [0.4, 0.5) is 10.1 Å². The van der Waals surface area contributed by atoms with Crippen molar-refractivity contribution in [3.63, 3.8) is 0 Å². The number of carbonyl (C=O) groups is 1. The Kier molecular flexibility index (Phi) is 4.19. The predicted molar refractivity (Wildman–Crippen MR) is 102 cm³/mol. The number of thioether (sulfide) groups is 1. The van der Waals surface area contributed by atoms with Crippen LogP contribution >= 0.6 is 11.8 Å². The van der Waals surface area contributed by atoms with Gasteiger partial charge in [0.2, 0.25) is 0 Å². The highest BCUT2D eigenvalue weighted by molar-refractivity contribution is 8.13. The number of aliphatic imine (C=N–C) groups is 1. The first-order valence-electron chi connectivity index (χ1n) is 8.50. The van der Waals surface area contributed by atoms with E-state index < -0.39 is 5.82 Å². The normalized spacial score (nSPS) is 24.2. The first kappa shape index (κ1) is 17.0. The highest BCUT2D eigenvalue weighted by Gasteiger charge is 2.42. The van der Waals surface area contributed by atoms with E-state index in [1.54, 1.807) is 11.8 Å². The summed E-state index contributed by atoms with van der Waals surface area (Å²) in [5, 5.41) is 3.46. The molecular weight excluding hydrogens is 351 g/mol. The molecule has 1 aromatic heterocycles. The molecule has 1 amide bonds. The van der Waals surface area contributed by atoms with Crippen molar-refractivity contribution in [1.29, 1.82) is 0 Å². The zero-order valence-corrected chi connectivity index (χ0v) is 15.1. The summed E-state index contributed by atoms with van der Waals surface area (Å²) in [5.74, 6) is 0.545. The van der Waals surface area contributed by atoms with Crippen molar-refractivity contribution in [3.05, 3.63) is 59.2 Å². The van der Waals surface area contributed by atoms with Gasteiger partial charge in [0.05, 0.1) is 11.7 Å². The van der Waals surface area contributed by atoms with Crippen molar-refractivity contribution < 1.29 is 9.18 Å². The van der Waals surface area contributed by atoms with Gasteiger partial charge in [0.15, 0.2) is 5.17 Å². The maximum Gasteiger partial charge on any atom is 0.274 e. The standard InChI is InChI=1S/C19H19FN4OS/c1-19-12(10-26-18(21)24-19)4-2-11-3-6-14(8-15(11)19)23-17(25)16-7-5-13(20)9-22-16/h3,5-9,12H,2,4,10H2,1H3,(H2,21,24)(H,23,25).